The van der Waals surface area contributed by atoms with Gasteiger partial charge in [-0.15, -0.1) is 0 Å². The molecule has 0 unspecified atom stereocenters. The predicted octanol–water partition coefficient (Wildman–Crippen LogP) is 3.34. The van der Waals surface area contributed by atoms with Crippen molar-refractivity contribution in [3.05, 3.63) is 75.3 Å². The number of fused-ring (bicyclic) bond motifs is 1. The van der Waals surface area contributed by atoms with Crippen LogP contribution < -0.4 is 5.56 Å². The van der Waals surface area contributed by atoms with Crippen molar-refractivity contribution in [1.82, 2.24) is 14.5 Å². The lowest BCUT2D eigenvalue weighted by Gasteiger charge is -2.38. The minimum absolute atomic E-state index is 0.102. The Balaban J connectivity index is 1.37. The van der Waals surface area contributed by atoms with Gasteiger partial charge in [0.2, 0.25) is 5.91 Å². The van der Waals surface area contributed by atoms with E-state index in [0.29, 0.717) is 54.7 Å². The van der Waals surface area contributed by atoms with Crippen LogP contribution in [0.4, 0.5) is 0 Å². The van der Waals surface area contributed by atoms with E-state index in [1.807, 2.05) is 30.0 Å². The van der Waals surface area contributed by atoms with Crippen LogP contribution in [0, 0.1) is 6.92 Å². The number of aromatic nitrogens is 2. The summed E-state index contributed by atoms with van der Waals surface area (Å²) < 4.78 is 1.45. The topological polar surface area (TPSA) is 75.4 Å². The molecule has 0 atom stereocenters. The van der Waals surface area contributed by atoms with Gasteiger partial charge in [0.25, 0.3) is 5.56 Å². The van der Waals surface area contributed by atoms with E-state index in [-0.39, 0.29) is 18.0 Å². The highest BCUT2D eigenvalue weighted by Gasteiger charge is 2.34. The number of piperidine rings is 1. The SMILES string of the molecule is Cc1cccc(CCC(=O)N2CCC(O)(Cn3cnc4cc(Cl)ccc4c3=O)CC2)c1. The molecule has 0 saturated carbocycles. The van der Waals surface area contributed by atoms with E-state index < -0.39 is 5.60 Å². The Bertz CT molecular complexity index is 1170. The molecule has 1 aliphatic heterocycles. The van der Waals surface area contributed by atoms with Crippen molar-refractivity contribution in [3.63, 3.8) is 0 Å². The van der Waals surface area contributed by atoms with Gasteiger partial charge in [0, 0.05) is 24.5 Å². The molecule has 0 spiro atoms. The number of aliphatic hydroxyl groups is 1. The van der Waals surface area contributed by atoms with Gasteiger partial charge in [-0.05, 0) is 49.9 Å². The van der Waals surface area contributed by atoms with Crippen molar-refractivity contribution in [2.24, 2.45) is 0 Å². The third-order valence-electron chi connectivity index (χ3n) is 6.01. The second kappa shape index (κ2) is 8.81. The number of aryl methyl sites for hydroxylation is 2. The second-order valence-corrected chi connectivity index (χ2v) is 8.87. The van der Waals surface area contributed by atoms with E-state index in [0.717, 1.165) is 5.56 Å². The largest absolute Gasteiger partial charge is 0.388 e. The number of halogens is 1. The molecular formula is C24H26ClN3O3. The molecule has 1 amide bonds. The molecule has 7 heteroatoms. The summed E-state index contributed by atoms with van der Waals surface area (Å²) in [5.41, 5.74) is 1.64. The Labute approximate surface area is 186 Å². The molecule has 1 saturated heterocycles. The summed E-state index contributed by atoms with van der Waals surface area (Å²) in [5.74, 6) is 0.102. The first-order chi connectivity index (χ1) is 14.8. The van der Waals surface area contributed by atoms with Gasteiger partial charge >= 0.3 is 0 Å². The van der Waals surface area contributed by atoms with E-state index in [1.165, 1.54) is 16.5 Å². The zero-order chi connectivity index (χ0) is 22.0. The zero-order valence-electron chi connectivity index (χ0n) is 17.6. The Kier molecular flexibility index (Phi) is 6.12. The summed E-state index contributed by atoms with van der Waals surface area (Å²) >= 11 is 5.97. The van der Waals surface area contributed by atoms with Gasteiger partial charge in [-0.25, -0.2) is 4.98 Å². The molecule has 1 aliphatic rings. The Morgan fingerprint density at radius 2 is 1.97 bits per heavy atom. The van der Waals surface area contributed by atoms with Crippen LogP contribution in [0.5, 0.6) is 0 Å². The van der Waals surface area contributed by atoms with Crippen molar-refractivity contribution in [1.29, 1.82) is 0 Å². The molecular weight excluding hydrogens is 414 g/mol. The molecule has 31 heavy (non-hydrogen) atoms. The van der Waals surface area contributed by atoms with Crippen LogP contribution in [0.25, 0.3) is 10.9 Å². The summed E-state index contributed by atoms with van der Waals surface area (Å²) in [6.45, 7) is 3.16. The van der Waals surface area contributed by atoms with Crippen molar-refractivity contribution in [2.45, 2.75) is 44.8 Å². The van der Waals surface area contributed by atoms with Crippen LogP contribution in [0.15, 0.2) is 53.6 Å². The van der Waals surface area contributed by atoms with E-state index in [4.69, 9.17) is 11.6 Å². The van der Waals surface area contributed by atoms with Gasteiger partial charge in [-0.1, -0.05) is 41.4 Å². The molecule has 2 aromatic carbocycles. The molecule has 162 valence electrons. The fraction of sp³-hybridized carbons (Fsp3) is 0.375. The van der Waals surface area contributed by atoms with Gasteiger partial charge < -0.3 is 10.0 Å². The number of likely N-dealkylation sites (tertiary alicyclic amines) is 1. The molecule has 1 N–H and O–H groups in total. The van der Waals surface area contributed by atoms with E-state index >= 15 is 0 Å². The summed E-state index contributed by atoms with van der Waals surface area (Å²) in [6.07, 6.45) is 3.48. The molecule has 1 aromatic heterocycles. The summed E-state index contributed by atoms with van der Waals surface area (Å²) in [4.78, 5) is 31.5. The Morgan fingerprint density at radius 1 is 1.19 bits per heavy atom. The number of carbonyl (C=O) groups excluding carboxylic acids is 1. The highest BCUT2D eigenvalue weighted by molar-refractivity contribution is 6.31. The second-order valence-electron chi connectivity index (χ2n) is 8.43. The average Bonchev–Trinajstić information content (AvgIpc) is 2.74. The predicted molar refractivity (Wildman–Crippen MR) is 121 cm³/mol. The Morgan fingerprint density at radius 3 is 2.71 bits per heavy atom. The highest BCUT2D eigenvalue weighted by atomic mass is 35.5. The minimum Gasteiger partial charge on any atom is -0.388 e. The van der Waals surface area contributed by atoms with E-state index in [9.17, 15) is 14.7 Å². The first-order valence-electron chi connectivity index (χ1n) is 10.5. The number of carbonyl (C=O) groups is 1. The van der Waals surface area contributed by atoms with Gasteiger partial charge in [0.05, 0.1) is 29.4 Å². The molecule has 0 aliphatic carbocycles. The molecule has 3 aromatic rings. The lowest BCUT2D eigenvalue weighted by molar-refractivity contribution is -0.135. The third kappa shape index (κ3) is 4.97. The lowest BCUT2D eigenvalue weighted by atomic mass is 9.91. The fourth-order valence-electron chi connectivity index (χ4n) is 4.17. The lowest BCUT2D eigenvalue weighted by Crippen LogP contribution is -2.49. The monoisotopic (exact) mass is 439 g/mol. The highest BCUT2D eigenvalue weighted by Crippen LogP contribution is 2.25. The maximum Gasteiger partial charge on any atom is 0.261 e. The van der Waals surface area contributed by atoms with Crippen LogP contribution in [-0.4, -0.2) is 44.2 Å². The number of amides is 1. The summed E-state index contributed by atoms with van der Waals surface area (Å²) in [5, 5.41) is 12.1. The number of nitrogens with zero attached hydrogens (tertiary/aromatic N) is 3. The molecule has 1 fully saturated rings. The minimum atomic E-state index is -1.04. The first kappa shape index (κ1) is 21.5. The number of rotatable bonds is 5. The van der Waals surface area contributed by atoms with Crippen molar-refractivity contribution in [2.75, 3.05) is 13.1 Å². The molecule has 4 rings (SSSR count). The smallest absolute Gasteiger partial charge is 0.261 e. The maximum atomic E-state index is 12.8. The number of hydrogen-bond donors (Lipinski definition) is 1. The number of benzene rings is 2. The quantitative estimate of drug-likeness (QED) is 0.661. The van der Waals surface area contributed by atoms with Crippen LogP contribution in [0.2, 0.25) is 5.02 Å². The molecule has 6 nitrogen and oxygen atoms in total. The van der Waals surface area contributed by atoms with Gasteiger partial charge in [0.15, 0.2) is 0 Å². The van der Waals surface area contributed by atoms with Crippen LogP contribution >= 0.6 is 11.6 Å². The maximum absolute atomic E-state index is 12.8. The molecule has 0 bridgehead atoms. The van der Waals surface area contributed by atoms with Gasteiger partial charge in [-0.2, -0.15) is 0 Å². The van der Waals surface area contributed by atoms with Crippen LogP contribution in [0.1, 0.15) is 30.4 Å². The van der Waals surface area contributed by atoms with Gasteiger partial charge in [0.1, 0.15) is 0 Å². The normalized spacial score (nSPS) is 15.9. The van der Waals surface area contributed by atoms with Crippen LogP contribution in [0.3, 0.4) is 0 Å². The Hall–Kier alpha value is -2.70. The fourth-order valence-corrected chi connectivity index (χ4v) is 4.34. The summed E-state index contributed by atoms with van der Waals surface area (Å²) in [6, 6.07) is 13.2. The van der Waals surface area contributed by atoms with Crippen molar-refractivity contribution >= 4 is 28.4 Å². The van der Waals surface area contributed by atoms with Crippen molar-refractivity contribution in [3.8, 4) is 0 Å². The van der Waals surface area contributed by atoms with Crippen LogP contribution in [-0.2, 0) is 17.8 Å². The zero-order valence-corrected chi connectivity index (χ0v) is 18.3. The third-order valence-corrected chi connectivity index (χ3v) is 6.24. The average molecular weight is 440 g/mol. The standard InChI is InChI=1S/C24H26ClN3O3/c1-17-3-2-4-18(13-17)5-8-22(29)27-11-9-24(31,10-12-27)15-28-16-26-21-14-19(25)6-7-20(21)23(28)30/h2-4,6-7,13-14,16,31H,5,8-12,15H2,1H3. The van der Waals surface area contributed by atoms with E-state index in [1.54, 1.807) is 18.2 Å². The van der Waals surface area contributed by atoms with E-state index in [2.05, 4.69) is 11.1 Å². The first-order valence-corrected chi connectivity index (χ1v) is 10.9. The number of hydrogen-bond acceptors (Lipinski definition) is 4. The molecule has 2 heterocycles. The van der Waals surface area contributed by atoms with Crippen molar-refractivity contribution < 1.29 is 9.90 Å². The molecule has 0 radical (unpaired) electrons. The van der Waals surface area contributed by atoms with Gasteiger partial charge in [-0.3, -0.25) is 14.2 Å². The summed E-state index contributed by atoms with van der Waals surface area (Å²) in [7, 11) is 0.